The highest BCUT2D eigenvalue weighted by Crippen LogP contribution is 2.21. The van der Waals surface area contributed by atoms with Crippen LogP contribution in [0.1, 0.15) is 40.0 Å². The lowest BCUT2D eigenvalue weighted by molar-refractivity contribution is -0.0729. The molecule has 2 saturated heterocycles. The van der Waals surface area contributed by atoms with E-state index in [-0.39, 0.29) is 6.10 Å². The Hall–Kier alpha value is -0.160. The van der Waals surface area contributed by atoms with Crippen molar-refractivity contribution in [3.05, 3.63) is 0 Å². The van der Waals surface area contributed by atoms with E-state index in [9.17, 15) is 5.11 Å². The lowest BCUT2D eigenvalue weighted by Crippen LogP contribution is -2.50. The smallest absolute Gasteiger partial charge is 0.0678 e. The zero-order valence-electron chi connectivity index (χ0n) is 12.7. The number of likely N-dealkylation sites (tertiary alicyclic amines) is 1. The standard InChI is InChI=1S/C15H30N2O2/c1-4-15(18)11-17-7-5-6-14(17)10-16-8-12(2)19-13(3)9-16/h12-15,18H,4-11H2,1-3H3. The Kier molecular flexibility index (Phi) is 5.63. The SMILES string of the molecule is CCC(O)CN1CCCC1CN1CC(C)OC(C)C1. The maximum Gasteiger partial charge on any atom is 0.0678 e. The monoisotopic (exact) mass is 270 g/mol. The van der Waals surface area contributed by atoms with E-state index in [2.05, 4.69) is 30.6 Å². The number of morpholine rings is 1. The van der Waals surface area contributed by atoms with E-state index in [1.165, 1.54) is 12.8 Å². The molecule has 4 atom stereocenters. The lowest BCUT2D eigenvalue weighted by atomic mass is 10.1. The maximum atomic E-state index is 9.85. The predicted molar refractivity (Wildman–Crippen MR) is 77.3 cm³/mol. The molecule has 0 saturated carbocycles. The van der Waals surface area contributed by atoms with Crippen molar-refractivity contribution >= 4 is 0 Å². The molecule has 4 heteroatoms. The van der Waals surface area contributed by atoms with Gasteiger partial charge in [0.1, 0.15) is 0 Å². The van der Waals surface area contributed by atoms with Gasteiger partial charge in [0.05, 0.1) is 18.3 Å². The first kappa shape index (κ1) is 15.2. The van der Waals surface area contributed by atoms with Crippen LogP contribution in [0.5, 0.6) is 0 Å². The second kappa shape index (κ2) is 7.02. The predicted octanol–water partition coefficient (Wildman–Crippen LogP) is 1.33. The minimum atomic E-state index is -0.164. The van der Waals surface area contributed by atoms with Crippen molar-refractivity contribution in [1.29, 1.82) is 0 Å². The van der Waals surface area contributed by atoms with Gasteiger partial charge in [0.15, 0.2) is 0 Å². The summed E-state index contributed by atoms with van der Waals surface area (Å²) in [5, 5.41) is 9.85. The Morgan fingerprint density at radius 2 is 1.95 bits per heavy atom. The molecule has 2 aliphatic heterocycles. The van der Waals surface area contributed by atoms with Gasteiger partial charge in [-0.1, -0.05) is 6.92 Å². The van der Waals surface area contributed by atoms with E-state index in [0.29, 0.717) is 18.2 Å². The summed E-state index contributed by atoms with van der Waals surface area (Å²) in [4.78, 5) is 5.03. The van der Waals surface area contributed by atoms with Crippen LogP contribution in [0.4, 0.5) is 0 Å². The number of ether oxygens (including phenoxy) is 1. The third-order valence-corrected chi connectivity index (χ3v) is 4.38. The zero-order chi connectivity index (χ0) is 13.8. The van der Waals surface area contributed by atoms with Crippen LogP contribution >= 0.6 is 0 Å². The van der Waals surface area contributed by atoms with Crippen LogP contribution in [-0.4, -0.2) is 72.0 Å². The van der Waals surface area contributed by atoms with Gasteiger partial charge in [0, 0.05) is 32.2 Å². The van der Waals surface area contributed by atoms with Crippen molar-refractivity contribution in [3.63, 3.8) is 0 Å². The third-order valence-electron chi connectivity index (χ3n) is 4.38. The number of aliphatic hydroxyl groups excluding tert-OH is 1. The molecule has 0 aromatic rings. The molecule has 0 spiro atoms. The van der Waals surface area contributed by atoms with E-state index < -0.39 is 0 Å². The fraction of sp³-hybridized carbons (Fsp3) is 1.00. The van der Waals surface area contributed by atoms with Gasteiger partial charge in [-0.05, 0) is 39.7 Å². The van der Waals surface area contributed by atoms with Gasteiger partial charge < -0.3 is 9.84 Å². The van der Waals surface area contributed by atoms with Crippen LogP contribution in [-0.2, 0) is 4.74 Å². The van der Waals surface area contributed by atoms with Gasteiger partial charge in [-0.2, -0.15) is 0 Å². The Morgan fingerprint density at radius 1 is 1.26 bits per heavy atom. The summed E-state index contributed by atoms with van der Waals surface area (Å²) < 4.78 is 5.79. The van der Waals surface area contributed by atoms with E-state index in [1.807, 2.05) is 0 Å². The molecule has 4 unspecified atom stereocenters. The first-order chi connectivity index (χ1) is 9.08. The van der Waals surface area contributed by atoms with Gasteiger partial charge >= 0.3 is 0 Å². The minimum Gasteiger partial charge on any atom is -0.392 e. The Morgan fingerprint density at radius 3 is 2.58 bits per heavy atom. The van der Waals surface area contributed by atoms with Crippen LogP contribution in [0.2, 0.25) is 0 Å². The van der Waals surface area contributed by atoms with Gasteiger partial charge in [0.2, 0.25) is 0 Å². The maximum absolute atomic E-state index is 9.85. The molecule has 2 rings (SSSR count). The van der Waals surface area contributed by atoms with Crippen LogP contribution in [0.3, 0.4) is 0 Å². The van der Waals surface area contributed by atoms with E-state index in [1.54, 1.807) is 0 Å². The summed E-state index contributed by atoms with van der Waals surface area (Å²) in [6, 6.07) is 0.624. The fourth-order valence-electron chi connectivity index (χ4n) is 3.47. The summed E-state index contributed by atoms with van der Waals surface area (Å²) in [5.74, 6) is 0. The zero-order valence-corrected chi connectivity index (χ0v) is 12.7. The first-order valence-corrected chi connectivity index (χ1v) is 7.88. The average Bonchev–Trinajstić information content (AvgIpc) is 2.75. The highest BCUT2D eigenvalue weighted by Gasteiger charge is 2.30. The van der Waals surface area contributed by atoms with E-state index in [4.69, 9.17) is 4.74 Å². The van der Waals surface area contributed by atoms with Crippen LogP contribution in [0, 0.1) is 0 Å². The molecule has 1 N–H and O–H groups in total. The number of rotatable bonds is 5. The molecular formula is C15H30N2O2. The van der Waals surface area contributed by atoms with Crippen LogP contribution in [0.25, 0.3) is 0 Å². The van der Waals surface area contributed by atoms with Crippen molar-refractivity contribution in [2.45, 2.75) is 64.4 Å². The summed E-state index contributed by atoms with van der Waals surface area (Å²) in [7, 11) is 0. The van der Waals surface area contributed by atoms with Crippen molar-refractivity contribution < 1.29 is 9.84 Å². The molecule has 0 radical (unpaired) electrons. The highest BCUT2D eigenvalue weighted by atomic mass is 16.5. The summed E-state index contributed by atoms with van der Waals surface area (Å²) >= 11 is 0. The first-order valence-electron chi connectivity index (χ1n) is 7.88. The Balaban J connectivity index is 1.83. The molecule has 2 fully saturated rings. The molecular weight excluding hydrogens is 240 g/mol. The third kappa shape index (κ3) is 4.42. The summed E-state index contributed by atoms with van der Waals surface area (Å²) in [5.41, 5.74) is 0. The highest BCUT2D eigenvalue weighted by molar-refractivity contribution is 4.85. The van der Waals surface area contributed by atoms with Gasteiger partial charge in [-0.15, -0.1) is 0 Å². The molecule has 0 aromatic carbocycles. The molecule has 0 aliphatic carbocycles. The van der Waals surface area contributed by atoms with Crippen molar-refractivity contribution in [2.24, 2.45) is 0 Å². The molecule has 0 bridgehead atoms. The quantitative estimate of drug-likeness (QED) is 0.817. The largest absolute Gasteiger partial charge is 0.392 e. The average molecular weight is 270 g/mol. The second-order valence-corrected chi connectivity index (χ2v) is 6.33. The second-order valence-electron chi connectivity index (χ2n) is 6.33. The molecule has 0 aromatic heterocycles. The van der Waals surface area contributed by atoms with Crippen molar-refractivity contribution in [3.8, 4) is 0 Å². The van der Waals surface area contributed by atoms with E-state index in [0.717, 1.165) is 39.1 Å². The van der Waals surface area contributed by atoms with Crippen LogP contribution < -0.4 is 0 Å². The molecule has 0 amide bonds. The topological polar surface area (TPSA) is 35.9 Å². The van der Waals surface area contributed by atoms with Crippen molar-refractivity contribution in [2.75, 3.05) is 32.7 Å². The van der Waals surface area contributed by atoms with Gasteiger partial charge in [0.25, 0.3) is 0 Å². The van der Waals surface area contributed by atoms with Gasteiger partial charge in [-0.25, -0.2) is 0 Å². The van der Waals surface area contributed by atoms with Crippen molar-refractivity contribution in [1.82, 2.24) is 9.80 Å². The summed E-state index contributed by atoms with van der Waals surface area (Å²) in [6.07, 6.45) is 3.94. The molecule has 19 heavy (non-hydrogen) atoms. The number of hydrogen-bond donors (Lipinski definition) is 1. The lowest BCUT2D eigenvalue weighted by Gasteiger charge is -2.38. The normalized spacial score (nSPS) is 35.7. The number of nitrogens with zero attached hydrogens (tertiary/aromatic N) is 2. The Labute approximate surface area is 117 Å². The van der Waals surface area contributed by atoms with E-state index >= 15 is 0 Å². The van der Waals surface area contributed by atoms with Crippen LogP contribution in [0.15, 0.2) is 0 Å². The fourth-order valence-corrected chi connectivity index (χ4v) is 3.47. The molecule has 4 nitrogen and oxygen atoms in total. The summed E-state index contributed by atoms with van der Waals surface area (Å²) in [6.45, 7) is 11.6. The number of aliphatic hydroxyl groups is 1. The minimum absolute atomic E-state index is 0.164. The number of hydrogen-bond acceptors (Lipinski definition) is 4. The molecule has 112 valence electrons. The molecule has 2 heterocycles. The number of β-amino-alcohol motifs (C(OH)–C–C–N with tert-alkyl or cyclic N) is 1. The molecule has 2 aliphatic rings. The van der Waals surface area contributed by atoms with Gasteiger partial charge in [-0.3, -0.25) is 9.80 Å². The Bertz CT molecular complexity index is 265.